The van der Waals surface area contributed by atoms with Gasteiger partial charge in [-0.1, -0.05) is 38.1 Å². The first-order chi connectivity index (χ1) is 13.6. The van der Waals surface area contributed by atoms with Crippen LogP contribution in [-0.2, 0) is 19.9 Å². The van der Waals surface area contributed by atoms with E-state index in [-0.39, 0.29) is 21.1 Å². The van der Waals surface area contributed by atoms with E-state index in [4.69, 9.17) is 0 Å². The molecule has 1 amide bonds. The highest BCUT2D eigenvalue weighted by Gasteiger charge is 2.35. The molecule has 2 aromatic carbocycles. The zero-order valence-electron chi connectivity index (χ0n) is 16.5. The minimum absolute atomic E-state index is 0.0383. The number of benzene rings is 2. The highest BCUT2D eigenvalue weighted by molar-refractivity contribution is 7.91. The molecule has 0 saturated carbocycles. The summed E-state index contributed by atoms with van der Waals surface area (Å²) in [4.78, 5) is 13.2. The van der Waals surface area contributed by atoms with E-state index in [0.29, 0.717) is 24.2 Å². The molecular weight excluding hydrogens is 412 g/mol. The predicted molar refractivity (Wildman–Crippen MR) is 110 cm³/mol. The van der Waals surface area contributed by atoms with Gasteiger partial charge in [-0.25, -0.2) is 16.8 Å². The Morgan fingerprint density at radius 1 is 1.14 bits per heavy atom. The fourth-order valence-corrected chi connectivity index (χ4v) is 6.75. The van der Waals surface area contributed by atoms with Gasteiger partial charge < -0.3 is 5.32 Å². The van der Waals surface area contributed by atoms with Gasteiger partial charge in [0.15, 0.2) is 9.84 Å². The maximum absolute atomic E-state index is 12.9. The van der Waals surface area contributed by atoms with E-state index in [0.717, 1.165) is 0 Å². The fraction of sp³-hybridized carbons (Fsp3) is 0.350. The van der Waals surface area contributed by atoms with Crippen LogP contribution in [0.25, 0.3) is 0 Å². The number of aryl methyl sites for hydroxylation is 1. The molecule has 1 atom stereocenters. The lowest BCUT2D eigenvalue weighted by atomic mass is 10.1. The van der Waals surface area contributed by atoms with Gasteiger partial charge >= 0.3 is 0 Å². The van der Waals surface area contributed by atoms with Gasteiger partial charge in [0.1, 0.15) is 0 Å². The Morgan fingerprint density at radius 2 is 1.79 bits per heavy atom. The summed E-state index contributed by atoms with van der Waals surface area (Å²) in [5.41, 5.74) is 1.36. The average Bonchev–Trinajstić information content (AvgIpc) is 2.93. The van der Waals surface area contributed by atoms with Crippen LogP contribution in [0.4, 0.5) is 0 Å². The van der Waals surface area contributed by atoms with E-state index in [2.05, 4.69) is 5.32 Å². The summed E-state index contributed by atoms with van der Waals surface area (Å²) < 4.78 is 51.6. The van der Waals surface area contributed by atoms with Gasteiger partial charge in [-0.2, -0.15) is 4.31 Å². The number of hydrogen-bond donors (Lipinski definition) is 1. The van der Waals surface area contributed by atoms with Crippen LogP contribution in [0.5, 0.6) is 0 Å². The van der Waals surface area contributed by atoms with E-state index in [1.165, 1.54) is 22.5 Å². The smallest absolute Gasteiger partial charge is 0.252 e. The van der Waals surface area contributed by atoms with Crippen molar-refractivity contribution >= 4 is 25.8 Å². The lowest BCUT2D eigenvalue weighted by Crippen LogP contribution is -2.32. The normalized spacial score (nSPS) is 17.9. The fourth-order valence-electron chi connectivity index (χ4n) is 3.52. The Kier molecular flexibility index (Phi) is 5.84. The van der Waals surface area contributed by atoms with Gasteiger partial charge in [0.25, 0.3) is 5.91 Å². The topological polar surface area (TPSA) is 101 Å². The summed E-state index contributed by atoms with van der Waals surface area (Å²) in [6.07, 6.45) is 0. The van der Waals surface area contributed by atoms with Gasteiger partial charge in [-0.15, -0.1) is 0 Å². The first-order valence-electron chi connectivity index (χ1n) is 9.35. The second-order valence-corrected chi connectivity index (χ2v) is 10.9. The summed E-state index contributed by atoms with van der Waals surface area (Å²) in [5.74, 6) is -0.717. The third-order valence-corrected chi connectivity index (χ3v) is 8.98. The third-order valence-electron chi connectivity index (χ3n) is 5.12. The zero-order chi connectivity index (χ0) is 21.4. The van der Waals surface area contributed by atoms with Gasteiger partial charge in [0.05, 0.1) is 21.6 Å². The molecule has 1 N–H and O–H groups in total. The molecule has 0 spiro atoms. The number of carbonyl (C=O) groups is 1. The summed E-state index contributed by atoms with van der Waals surface area (Å²) in [6.45, 7) is 5.86. The van der Waals surface area contributed by atoms with Crippen molar-refractivity contribution in [3.8, 4) is 0 Å². The zero-order valence-corrected chi connectivity index (χ0v) is 18.2. The number of nitrogens with zero attached hydrogens (tertiary/aromatic N) is 1. The van der Waals surface area contributed by atoms with Crippen LogP contribution in [0.15, 0.2) is 52.3 Å². The number of sulfonamides is 1. The lowest BCUT2D eigenvalue weighted by molar-refractivity contribution is 0.0940. The van der Waals surface area contributed by atoms with Crippen molar-refractivity contribution in [1.82, 2.24) is 9.62 Å². The highest BCUT2D eigenvalue weighted by Crippen LogP contribution is 2.33. The van der Waals surface area contributed by atoms with E-state index < -0.39 is 31.8 Å². The maximum atomic E-state index is 12.9. The SMILES string of the molecule is CCN(CC)S(=O)(=O)c1ccc(C)c(C(=O)N[C@@H]2CS(=O)(=O)c3ccccc32)c1. The van der Waals surface area contributed by atoms with Gasteiger partial charge in [-0.3, -0.25) is 4.79 Å². The van der Waals surface area contributed by atoms with Crippen molar-refractivity contribution < 1.29 is 21.6 Å². The molecule has 3 rings (SSSR count). The minimum atomic E-state index is -3.71. The number of carbonyl (C=O) groups excluding carboxylic acids is 1. The Morgan fingerprint density at radius 3 is 2.45 bits per heavy atom. The number of sulfone groups is 1. The molecule has 0 aliphatic carbocycles. The number of hydrogen-bond acceptors (Lipinski definition) is 5. The Hall–Kier alpha value is -2.23. The number of rotatable bonds is 6. The van der Waals surface area contributed by atoms with Crippen LogP contribution >= 0.6 is 0 Å². The third kappa shape index (κ3) is 3.94. The van der Waals surface area contributed by atoms with Crippen molar-refractivity contribution in [2.75, 3.05) is 18.8 Å². The minimum Gasteiger partial charge on any atom is -0.344 e. The summed E-state index contributed by atoms with van der Waals surface area (Å²) in [7, 11) is -7.17. The Labute approximate surface area is 171 Å². The average molecular weight is 437 g/mol. The van der Waals surface area contributed by atoms with Crippen molar-refractivity contribution in [2.45, 2.75) is 36.6 Å². The molecule has 0 fully saturated rings. The van der Waals surface area contributed by atoms with Crippen molar-refractivity contribution in [3.05, 3.63) is 59.2 Å². The van der Waals surface area contributed by atoms with Crippen LogP contribution in [0, 0.1) is 6.92 Å². The van der Waals surface area contributed by atoms with E-state index in [1.807, 2.05) is 0 Å². The molecule has 156 valence electrons. The molecule has 0 unspecified atom stereocenters. The summed E-state index contributed by atoms with van der Waals surface area (Å²) in [6, 6.07) is 10.3. The molecule has 1 aliphatic heterocycles. The first kappa shape index (κ1) is 21.5. The molecule has 0 saturated heterocycles. The standard InChI is InChI=1S/C20H24N2O5S2/c1-4-22(5-2)29(26,27)15-11-10-14(3)17(12-15)20(23)21-18-13-28(24,25)19-9-7-6-8-16(18)19/h6-12,18H,4-5,13H2,1-3H3,(H,21,23)/t18-/m1/s1. The molecule has 1 aliphatic rings. The summed E-state index contributed by atoms with van der Waals surface area (Å²) >= 11 is 0. The molecule has 0 bridgehead atoms. The molecule has 0 radical (unpaired) electrons. The predicted octanol–water partition coefficient (Wildman–Crippen LogP) is 2.28. The van der Waals surface area contributed by atoms with Crippen LogP contribution in [0.3, 0.4) is 0 Å². The lowest BCUT2D eigenvalue weighted by Gasteiger charge is -2.20. The van der Waals surface area contributed by atoms with Crippen LogP contribution in [0.1, 0.15) is 41.4 Å². The molecule has 29 heavy (non-hydrogen) atoms. The molecule has 2 aromatic rings. The number of fused-ring (bicyclic) bond motifs is 1. The highest BCUT2D eigenvalue weighted by atomic mass is 32.2. The van der Waals surface area contributed by atoms with Crippen LogP contribution in [-0.4, -0.2) is 45.9 Å². The number of amides is 1. The quantitative estimate of drug-likeness (QED) is 0.749. The largest absolute Gasteiger partial charge is 0.344 e. The Balaban J connectivity index is 1.93. The molecule has 0 aromatic heterocycles. The molecule has 7 nitrogen and oxygen atoms in total. The van der Waals surface area contributed by atoms with Gasteiger partial charge in [0, 0.05) is 18.7 Å². The summed E-state index contributed by atoms with van der Waals surface area (Å²) in [5, 5.41) is 2.76. The first-order valence-corrected chi connectivity index (χ1v) is 12.4. The number of nitrogens with one attached hydrogen (secondary N) is 1. The van der Waals surface area contributed by atoms with E-state index in [9.17, 15) is 21.6 Å². The second-order valence-electron chi connectivity index (χ2n) is 6.91. The molecular formula is C20H24N2O5S2. The van der Waals surface area contributed by atoms with E-state index >= 15 is 0 Å². The van der Waals surface area contributed by atoms with Crippen molar-refractivity contribution in [2.24, 2.45) is 0 Å². The monoisotopic (exact) mass is 436 g/mol. The van der Waals surface area contributed by atoms with Crippen molar-refractivity contribution in [1.29, 1.82) is 0 Å². The maximum Gasteiger partial charge on any atom is 0.252 e. The van der Waals surface area contributed by atoms with E-state index in [1.54, 1.807) is 45.0 Å². The molecule has 1 heterocycles. The van der Waals surface area contributed by atoms with Crippen LogP contribution in [0.2, 0.25) is 0 Å². The van der Waals surface area contributed by atoms with Crippen molar-refractivity contribution in [3.63, 3.8) is 0 Å². The molecule has 9 heteroatoms. The second kappa shape index (κ2) is 7.89. The van der Waals surface area contributed by atoms with Gasteiger partial charge in [-0.05, 0) is 36.2 Å². The van der Waals surface area contributed by atoms with Gasteiger partial charge in [0.2, 0.25) is 10.0 Å². The van der Waals surface area contributed by atoms with Crippen LogP contribution < -0.4 is 5.32 Å². The Bertz CT molecular complexity index is 1150.